The molecule has 2 heterocycles. The van der Waals surface area contributed by atoms with Gasteiger partial charge in [-0.25, -0.2) is 4.98 Å². The Balaban J connectivity index is 2.36. The van der Waals surface area contributed by atoms with Crippen molar-refractivity contribution in [2.24, 2.45) is 0 Å². The second-order valence-electron chi connectivity index (χ2n) is 3.00. The molecule has 4 nitrogen and oxygen atoms in total. The molecule has 0 amide bonds. The molecule has 0 saturated heterocycles. The van der Waals surface area contributed by atoms with Crippen LogP contribution in [-0.2, 0) is 6.54 Å². The fraction of sp³-hybridized carbons (Fsp3) is 0.333. The summed E-state index contributed by atoms with van der Waals surface area (Å²) in [5, 5.41) is 4.85. The van der Waals surface area contributed by atoms with Crippen LogP contribution in [0, 0.1) is 0 Å². The van der Waals surface area contributed by atoms with E-state index in [1.165, 1.54) is 11.3 Å². The quantitative estimate of drug-likeness (QED) is 0.839. The van der Waals surface area contributed by atoms with Gasteiger partial charge < -0.3 is 5.73 Å². The van der Waals surface area contributed by atoms with Gasteiger partial charge in [0, 0.05) is 18.9 Å². The zero-order valence-electron chi connectivity index (χ0n) is 7.97. The number of nitrogen functional groups attached to an aromatic ring is 1. The lowest BCUT2D eigenvalue weighted by Gasteiger charge is -2.02. The summed E-state index contributed by atoms with van der Waals surface area (Å²) in [6, 6.07) is 1.99. The molecule has 0 aliphatic rings. The van der Waals surface area contributed by atoms with Crippen LogP contribution in [-0.4, -0.2) is 14.8 Å². The zero-order valence-corrected chi connectivity index (χ0v) is 8.79. The molecule has 74 valence electrons. The van der Waals surface area contributed by atoms with Gasteiger partial charge in [-0.05, 0) is 12.5 Å². The van der Waals surface area contributed by atoms with Crippen LogP contribution in [0.5, 0.6) is 0 Å². The van der Waals surface area contributed by atoms with E-state index in [2.05, 4.69) is 17.0 Å². The fourth-order valence-electron chi connectivity index (χ4n) is 1.34. The van der Waals surface area contributed by atoms with Gasteiger partial charge in [0.05, 0.1) is 10.6 Å². The van der Waals surface area contributed by atoms with E-state index in [0.717, 1.165) is 23.5 Å². The number of hydrogen-bond acceptors (Lipinski definition) is 4. The Morgan fingerprint density at radius 3 is 3.07 bits per heavy atom. The van der Waals surface area contributed by atoms with Crippen LogP contribution in [0.4, 0.5) is 5.13 Å². The molecule has 0 atom stereocenters. The van der Waals surface area contributed by atoms with Crippen molar-refractivity contribution in [3.8, 4) is 10.6 Å². The molecule has 0 aliphatic carbocycles. The monoisotopic (exact) mass is 208 g/mol. The van der Waals surface area contributed by atoms with Gasteiger partial charge >= 0.3 is 0 Å². The standard InChI is InChI=1S/C9H12N4S/c1-2-5-13-7(3-4-12-13)8-6-11-9(10)14-8/h3-4,6H,2,5H2,1H3,(H2,10,11). The number of nitrogens with zero attached hydrogens (tertiary/aromatic N) is 3. The van der Waals surface area contributed by atoms with Gasteiger partial charge in [-0.3, -0.25) is 4.68 Å². The normalized spacial score (nSPS) is 10.6. The molecule has 2 rings (SSSR count). The number of rotatable bonds is 3. The molecule has 0 unspecified atom stereocenters. The molecule has 5 heteroatoms. The third kappa shape index (κ3) is 1.63. The zero-order chi connectivity index (χ0) is 9.97. The van der Waals surface area contributed by atoms with Crippen LogP contribution < -0.4 is 5.73 Å². The molecule has 0 saturated carbocycles. The number of aromatic nitrogens is 3. The largest absolute Gasteiger partial charge is 0.375 e. The molecule has 14 heavy (non-hydrogen) atoms. The molecule has 2 aromatic rings. The highest BCUT2D eigenvalue weighted by atomic mass is 32.1. The molecule has 0 fully saturated rings. The van der Waals surface area contributed by atoms with Crippen molar-refractivity contribution in [2.45, 2.75) is 19.9 Å². The summed E-state index contributed by atoms with van der Waals surface area (Å²) in [5.41, 5.74) is 6.68. The summed E-state index contributed by atoms with van der Waals surface area (Å²) in [6.07, 6.45) is 4.67. The molecular weight excluding hydrogens is 196 g/mol. The van der Waals surface area contributed by atoms with Gasteiger partial charge in [0.1, 0.15) is 0 Å². The first kappa shape index (κ1) is 9.21. The minimum Gasteiger partial charge on any atom is -0.375 e. The van der Waals surface area contributed by atoms with Crippen LogP contribution in [0.3, 0.4) is 0 Å². The van der Waals surface area contributed by atoms with Crippen molar-refractivity contribution in [2.75, 3.05) is 5.73 Å². The second-order valence-corrected chi connectivity index (χ2v) is 4.06. The van der Waals surface area contributed by atoms with Gasteiger partial charge in [-0.1, -0.05) is 18.3 Å². The SMILES string of the molecule is CCCn1nccc1-c1cnc(N)s1. The van der Waals surface area contributed by atoms with Crippen LogP contribution in [0.25, 0.3) is 10.6 Å². The Hall–Kier alpha value is -1.36. The molecule has 0 aliphatic heterocycles. The lowest BCUT2D eigenvalue weighted by atomic mass is 10.3. The summed E-state index contributed by atoms with van der Waals surface area (Å²) >= 11 is 1.49. The predicted octanol–water partition coefficient (Wildman–Crippen LogP) is 2.00. The van der Waals surface area contributed by atoms with Crippen molar-refractivity contribution in [1.82, 2.24) is 14.8 Å². The van der Waals surface area contributed by atoms with E-state index in [1.807, 2.05) is 10.7 Å². The minimum absolute atomic E-state index is 0.601. The summed E-state index contributed by atoms with van der Waals surface area (Å²) in [6.45, 7) is 3.06. The minimum atomic E-state index is 0.601. The number of thiazole rings is 1. The summed E-state index contributed by atoms with van der Waals surface area (Å²) < 4.78 is 1.98. The number of hydrogen-bond donors (Lipinski definition) is 1. The van der Waals surface area contributed by atoms with E-state index in [1.54, 1.807) is 12.4 Å². The molecular formula is C9H12N4S. The van der Waals surface area contributed by atoms with E-state index in [-0.39, 0.29) is 0 Å². The van der Waals surface area contributed by atoms with Crippen LogP contribution >= 0.6 is 11.3 Å². The average molecular weight is 208 g/mol. The van der Waals surface area contributed by atoms with Crippen LogP contribution in [0.15, 0.2) is 18.5 Å². The third-order valence-electron chi connectivity index (χ3n) is 1.93. The van der Waals surface area contributed by atoms with Crippen LogP contribution in [0.2, 0.25) is 0 Å². The van der Waals surface area contributed by atoms with Gasteiger partial charge in [0.2, 0.25) is 0 Å². The van der Waals surface area contributed by atoms with E-state index < -0.39 is 0 Å². The lowest BCUT2D eigenvalue weighted by Crippen LogP contribution is -1.99. The predicted molar refractivity (Wildman–Crippen MR) is 58.0 cm³/mol. The van der Waals surface area contributed by atoms with E-state index in [4.69, 9.17) is 5.73 Å². The van der Waals surface area contributed by atoms with E-state index >= 15 is 0 Å². The summed E-state index contributed by atoms with van der Waals surface area (Å²) in [4.78, 5) is 5.11. The van der Waals surface area contributed by atoms with Crippen molar-refractivity contribution in [3.63, 3.8) is 0 Å². The maximum atomic E-state index is 5.59. The third-order valence-corrected chi connectivity index (χ3v) is 2.78. The highest BCUT2D eigenvalue weighted by Gasteiger charge is 2.07. The van der Waals surface area contributed by atoms with Crippen molar-refractivity contribution < 1.29 is 0 Å². The number of anilines is 1. The van der Waals surface area contributed by atoms with Crippen molar-refractivity contribution in [3.05, 3.63) is 18.5 Å². The molecule has 0 bridgehead atoms. The van der Waals surface area contributed by atoms with E-state index in [0.29, 0.717) is 5.13 Å². The Morgan fingerprint density at radius 1 is 1.57 bits per heavy atom. The van der Waals surface area contributed by atoms with Gasteiger partial charge in [0.15, 0.2) is 5.13 Å². The molecule has 0 radical (unpaired) electrons. The van der Waals surface area contributed by atoms with E-state index in [9.17, 15) is 0 Å². The maximum Gasteiger partial charge on any atom is 0.180 e. The Morgan fingerprint density at radius 2 is 2.43 bits per heavy atom. The Bertz CT molecular complexity index is 418. The van der Waals surface area contributed by atoms with Crippen LogP contribution in [0.1, 0.15) is 13.3 Å². The first-order valence-electron chi connectivity index (χ1n) is 4.54. The van der Waals surface area contributed by atoms with Gasteiger partial charge in [-0.15, -0.1) is 0 Å². The average Bonchev–Trinajstić information content (AvgIpc) is 2.74. The Labute approximate surface area is 86.4 Å². The molecule has 0 aromatic carbocycles. The Kier molecular flexibility index (Phi) is 2.49. The fourth-order valence-corrected chi connectivity index (χ4v) is 2.05. The van der Waals surface area contributed by atoms with Gasteiger partial charge in [0.25, 0.3) is 0 Å². The van der Waals surface area contributed by atoms with Crippen molar-refractivity contribution >= 4 is 16.5 Å². The number of aryl methyl sites for hydroxylation is 1. The summed E-state index contributed by atoms with van der Waals surface area (Å²) in [7, 11) is 0. The van der Waals surface area contributed by atoms with Crippen molar-refractivity contribution in [1.29, 1.82) is 0 Å². The topological polar surface area (TPSA) is 56.7 Å². The van der Waals surface area contributed by atoms with Gasteiger partial charge in [-0.2, -0.15) is 5.10 Å². The smallest absolute Gasteiger partial charge is 0.180 e. The first-order chi connectivity index (χ1) is 6.81. The summed E-state index contributed by atoms with van der Waals surface area (Å²) in [5.74, 6) is 0. The number of nitrogens with two attached hydrogens (primary N) is 1. The molecule has 0 spiro atoms. The lowest BCUT2D eigenvalue weighted by molar-refractivity contribution is 0.609. The maximum absolute atomic E-state index is 5.59. The first-order valence-corrected chi connectivity index (χ1v) is 5.36. The highest BCUT2D eigenvalue weighted by Crippen LogP contribution is 2.26. The molecule has 2 aromatic heterocycles. The highest BCUT2D eigenvalue weighted by molar-refractivity contribution is 7.18. The second kappa shape index (κ2) is 3.79. The molecule has 2 N–H and O–H groups in total.